The number of hydrogen-bond donors (Lipinski definition) is 1. The summed E-state index contributed by atoms with van der Waals surface area (Å²) in [5.74, 6) is 0.107. The number of ether oxygens (including phenoxy) is 1. The molecule has 0 saturated heterocycles. The number of nitrogens with zero attached hydrogens (tertiary/aromatic N) is 1. The fourth-order valence-electron chi connectivity index (χ4n) is 2.27. The molecule has 2 aromatic rings. The maximum absolute atomic E-state index is 11.6. The first-order valence-corrected chi connectivity index (χ1v) is 5.65. The molecule has 0 bridgehead atoms. The SMILES string of the molecule is CC1c2c[n-]c3cccc(c23)OC1C(=O)OS.[Na+]. The van der Waals surface area contributed by atoms with Crippen LogP contribution in [-0.4, -0.2) is 12.1 Å². The molecule has 0 aliphatic carbocycles. The molecule has 0 spiro atoms. The molecule has 18 heavy (non-hydrogen) atoms. The predicted octanol–water partition coefficient (Wildman–Crippen LogP) is -0.947. The summed E-state index contributed by atoms with van der Waals surface area (Å²) in [5, 5.41) is 0.989. The molecule has 1 aromatic heterocycles. The molecule has 1 aromatic carbocycles. The van der Waals surface area contributed by atoms with Crippen molar-refractivity contribution >= 4 is 29.8 Å². The molecule has 0 radical (unpaired) electrons. The molecule has 0 N–H and O–H groups in total. The van der Waals surface area contributed by atoms with E-state index in [4.69, 9.17) is 4.74 Å². The maximum Gasteiger partial charge on any atom is 1.00 e. The van der Waals surface area contributed by atoms with E-state index in [1.54, 1.807) is 6.20 Å². The monoisotopic (exact) mass is 271 g/mol. The molecular formula is C12H10NNaO3S. The van der Waals surface area contributed by atoms with Crippen molar-refractivity contribution in [1.82, 2.24) is 4.98 Å². The van der Waals surface area contributed by atoms with Gasteiger partial charge in [0.05, 0.1) is 0 Å². The van der Waals surface area contributed by atoms with Crippen molar-refractivity contribution < 1.29 is 43.3 Å². The van der Waals surface area contributed by atoms with Crippen LogP contribution in [0.3, 0.4) is 0 Å². The van der Waals surface area contributed by atoms with Crippen LogP contribution in [0.5, 0.6) is 5.75 Å². The van der Waals surface area contributed by atoms with Crippen LogP contribution in [0, 0.1) is 0 Å². The molecule has 0 saturated carbocycles. The van der Waals surface area contributed by atoms with Crippen LogP contribution in [0.25, 0.3) is 10.9 Å². The van der Waals surface area contributed by atoms with Gasteiger partial charge in [-0.05, 0) is 6.07 Å². The number of benzene rings is 1. The first-order chi connectivity index (χ1) is 8.22. The minimum Gasteiger partial charge on any atom is -0.663 e. The van der Waals surface area contributed by atoms with Gasteiger partial charge in [0, 0.05) is 24.2 Å². The van der Waals surface area contributed by atoms with E-state index in [1.165, 1.54) is 0 Å². The average molecular weight is 271 g/mol. The maximum atomic E-state index is 11.6. The van der Waals surface area contributed by atoms with Gasteiger partial charge in [0.25, 0.3) is 0 Å². The summed E-state index contributed by atoms with van der Waals surface area (Å²) in [6.45, 7) is 1.92. The number of thiol groups is 1. The molecule has 6 heteroatoms. The second-order valence-electron chi connectivity index (χ2n) is 4.10. The van der Waals surface area contributed by atoms with E-state index in [0.29, 0.717) is 5.75 Å². The van der Waals surface area contributed by atoms with E-state index in [2.05, 4.69) is 22.1 Å². The van der Waals surface area contributed by atoms with Crippen molar-refractivity contribution in [2.45, 2.75) is 18.9 Å². The molecule has 1 aliphatic rings. The molecule has 2 unspecified atom stereocenters. The molecule has 88 valence electrons. The standard InChI is InChI=1S/C12H10NO3S.Na/c1-6-7-5-13-8-3-2-4-9(10(7)8)15-11(6)12(14)16-17;/h2-6,11,17H,1H3;/q-1;+1. The first-order valence-electron chi connectivity index (χ1n) is 5.28. The van der Waals surface area contributed by atoms with Crippen molar-refractivity contribution in [2.75, 3.05) is 0 Å². The average Bonchev–Trinajstić information content (AvgIpc) is 2.78. The summed E-state index contributed by atoms with van der Waals surface area (Å²) in [7, 11) is 0. The number of carbonyl (C=O) groups excluding carboxylic acids is 1. The predicted molar refractivity (Wildman–Crippen MR) is 65.2 cm³/mol. The smallest absolute Gasteiger partial charge is 0.663 e. The number of rotatable bonds is 1. The van der Waals surface area contributed by atoms with E-state index in [-0.39, 0.29) is 35.5 Å². The Morgan fingerprint density at radius 3 is 3.00 bits per heavy atom. The third kappa shape index (κ3) is 1.95. The summed E-state index contributed by atoms with van der Waals surface area (Å²) >= 11 is 3.54. The fourth-order valence-corrected chi connectivity index (χ4v) is 2.37. The van der Waals surface area contributed by atoms with E-state index >= 15 is 0 Å². The van der Waals surface area contributed by atoms with Gasteiger partial charge in [-0.3, -0.25) is 0 Å². The quantitative estimate of drug-likeness (QED) is 0.413. The molecule has 1 aliphatic heterocycles. The molecule has 4 nitrogen and oxygen atoms in total. The Labute approximate surface area is 132 Å². The third-order valence-electron chi connectivity index (χ3n) is 3.16. The Morgan fingerprint density at radius 1 is 1.50 bits per heavy atom. The topological polar surface area (TPSA) is 49.6 Å². The van der Waals surface area contributed by atoms with Crippen molar-refractivity contribution in [1.29, 1.82) is 0 Å². The van der Waals surface area contributed by atoms with Crippen LogP contribution in [0.4, 0.5) is 0 Å². The Morgan fingerprint density at radius 2 is 2.28 bits per heavy atom. The fraction of sp³-hybridized carbons (Fsp3) is 0.250. The third-order valence-corrected chi connectivity index (χ3v) is 3.34. The minimum absolute atomic E-state index is 0. The molecule has 0 fully saturated rings. The zero-order valence-electron chi connectivity index (χ0n) is 10.1. The first kappa shape index (κ1) is 13.8. The number of carbonyl (C=O) groups is 1. The van der Waals surface area contributed by atoms with Crippen LogP contribution in [0.15, 0.2) is 24.4 Å². The van der Waals surface area contributed by atoms with Gasteiger partial charge in [0.15, 0.2) is 0 Å². The van der Waals surface area contributed by atoms with Gasteiger partial charge in [-0.2, -0.15) is 6.20 Å². The zero-order valence-corrected chi connectivity index (χ0v) is 13.0. The number of hydrogen-bond acceptors (Lipinski definition) is 4. The largest absolute Gasteiger partial charge is 1.00 e. The molecular weight excluding hydrogens is 261 g/mol. The van der Waals surface area contributed by atoms with E-state index in [9.17, 15) is 4.79 Å². The van der Waals surface area contributed by atoms with Crippen LogP contribution in [-0.2, 0) is 8.98 Å². The van der Waals surface area contributed by atoms with Crippen molar-refractivity contribution in [3.8, 4) is 5.75 Å². The van der Waals surface area contributed by atoms with Gasteiger partial charge >= 0.3 is 35.5 Å². The van der Waals surface area contributed by atoms with Gasteiger partial charge < -0.3 is 13.9 Å². The Hall–Kier alpha value is -0.620. The summed E-state index contributed by atoms with van der Waals surface area (Å²) in [5.41, 5.74) is 1.91. The summed E-state index contributed by atoms with van der Waals surface area (Å²) < 4.78 is 10.1. The Bertz CT molecular complexity index is 598. The van der Waals surface area contributed by atoms with Crippen molar-refractivity contribution in [3.63, 3.8) is 0 Å². The molecule has 3 rings (SSSR count). The van der Waals surface area contributed by atoms with Crippen molar-refractivity contribution in [2.24, 2.45) is 0 Å². The van der Waals surface area contributed by atoms with Gasteiger partial charge in [0.2, 0.25) is 6.10 Å². The van der Waals surface area contributed by atoms with Crippen LogP contribution < -0.4 is 39.3 Å². The zero-order chi connectivity index (χ0) is 12.0. The van der Waals surface area contributed by atoms with Crippen LogP contribution in [0.1, 0.15) is 18.4 Å². The van der Waals surface area contributed by atoms with Gasteiger partial charge in [0.1, 0.15) is 5.75 Å². The normalized spacial score (nSPS) is 21.0. The second-order valence-corrected chi connectivity index (χ2v) is 4.28. The minimum atomic E-state index is -0.658. The summed E-state index contributed by atoms with van der Waals surface area (Å²) in [4.78, 5) is 15.9. The van der Waals surface area contributed by atoms with Crippen molar-refractivity contribution in [3.05, 3.63) is 30.0 Å². The Kier molecular flexibility index (Phi) is 3.96. The number of aromatic nitrogens is 1. The van der Waals surface area contributed by atoms with E-state index in [0.717, 1.165) is 16.5 Å². The second kappa shape index (κ2) is 5.17. The van der Waals surface area contributed by atoms with Crippen LogP contribution in [0.2, 0.25) is 0 Å². The van der Waals surface area contributed by atoms with E-state index < -0.39 is 12.1 Å². The summed E-state index contributed by atoms with van der Waals surface area (Å²) in [6, 6.07) is 5.61. The molecule has 0 amide bonds. The van der Waals surface area contributed by atoms with Crippen LogP contribution >= 0.6 is 12.9 Å². The summed E-state index contributed by atoms with van der Waals surface area (Å²) in [6.07, 6.45) is 1.13. The molecule has 2 heterocycles. The Balaban J connectivity index is 0.00000120. The van der Waals surface area contributed by atoms with Gasteiger partial charge in [-0.15, -0.1) is 5.52 Å². The van der Waals surface area contributed by atoms with Gasteiger partial charge in [-0.25, -0.2) is 4.79 Å². The van der Waals surface area contributed by atoms with Gasteiger partial charge in [-0.1, -0.05) is 24.6 Å². The van der Waals surface area contributed by atoms with E-state index in [1.807, 2.05) is 25.1 Å². The molecule has 2 atom stereocenters.